The molecular formula is C24H29FN4O3S. The molecule has 176 valence electrons. The van der Waals surface area contributed by atoms with E-state index in [0.29, 0.717) is 25.6 Å². The lowest BCUT2D eigenvalue weighted by molar-refractivity contribution is -0.120. The highest BCUT2D eigenvalue weighted by molar-refractivity contribution is 7.13. The van der Waals surface area contributed by atoms with Gasteiger partial charge in [0.25, 0.3) is 0 Å². The number of carbonyl (C=O) groups excluding carboxylic acids is 1. The lowest BCUT2D eigenvalue weighted by Crippen LogP contribution is -2.33. The fourth-order valence-electron chi connectivity index (χ4n) is 3.83. The van der Waals surface area contributed by atoms with Crippen molar-refractivity contribution in [3.05, 3.63) is 47.4 Å². The first kappa shape index (κ1) is 23.5. The number of methoxy groups -OCH3 is 1. The van der Waals surface area contributed by atoms with Crippen molar-refractivity contribution in [1.82, 2.24) is 20.1 Å². The Bertz CT molecular complexity index is 1040. The topological polar surface area (TPSA) is 78.3 Å². The van der Waals surface area contributed by atoms with Crippen LogP contribution in [0.5, 0.6) is 0 Å². The number of nitrogens with one attached hydrogen (secondary N) is 1. The van der Waals surface area contributed by atoms with Crippen molar-refractivity contribution < 1.29 is 18.7 Å². The van der Waals surface area contributed by atoms with Gasteiger partial charge in [-0.05, 0) is 49.4 Å². The van der Waals surface area contributed by atoms with Crippen LogP contribution in [-0.4, -0.2) is 54.1 Å². The third-order valence-corrected chi connectivity index (χ3v) is 6.59. The zero-order valence-corrected chi connectivity index (χ0v) is 19.6. The van der Waals surface area contributed by atoms with Crippen LogP contribution in [-0.2, 0) is 27.2 Å². The van der Waals surface area contributed by atoms with Crippen LogP contribution in [0.3, 0.4) is 0 Å². The van der Waals surface area contributed by atoms with E-state index in [2.05, 4.69) is 5.32 Å². The Balaban J connectivity index is 1.47. The van der Waals surface area contributed by atoms with E-state index >= 15 is 0 Å². The van der Waals surface area contributed by atoms with Gasteiger partial charge in [-0.25, -0.2) is 9.37 Å². The van der Waals surface area contributed by atoms with Crippen LogP contribution in [0, 0.1) is 11.7 Å². The highest BCUT2D eigenvalue weighted by Crippen LogP contribution is 2.33. The van der Waals surface area contributed by atoms with E-state index in [1.54, 1.807) is 19.2 Å². The Labute approximate surface area is 196 Å². The summed E-state index contributed by atoms with van der Waals surface area (Å²) in [6.07, 6.45) is 5.01. The molecule has 0 radical (unpaired) electrons. The molecule has 0 aliphatic carbocycles. The Morgan fingerprint density at radius 3 is 2.85 bits per heavy atom. The normalized spacial score (nSPS) is 14.5. The minimum absolute atomic E-state index is 0.0210. The number of nitrogens with zero attached hydrogens (tertiary/aromatic N) is 3. The second-order valence-electron chi connectivity index (χ2n) is 8.19. The van der Waals surface area contributed by atoms with Crippen molar-refractivity contribution in [2.24, 2.45) is 5.92 Å². The molecule has 3 heterocycles. The molecule has 1 fully saturated rings. The van der Waals surface area contributed by atoms with Gasteiger partial charge in [0.2, 0.25) is 5.91 Å². The Kier molecular flexibility index (Phi) is 8.20. The van der Waals surface area contributed by atoms with Crippen LogP contribution in [0.25, 0.3) is 21.8 Å². The van der Waals surface area contributed by atoms with Gasteiger partial charge in [-0.1, -0.05) is 0 Å². The highest BCUT2D eigenvalue weighted by atomic mass is 32.1. The SMILES string of the molecule is COCCCn1cc(-c2nc(CC(=O)NCC3CCOCC3)cs2)c(-c2ccc(F)cc2)n1. The lowest BCUT2D eigenvalue weighted by atomic mass is 10.0. The quantitative estimate of drug-likeness (QED) is 0.453. The van der Waals surface area contributed by atoms with E-state index in [9.17, 15) is 9.18 Å². The van der Waals surface area contributed by atoms with E-state index in [1.807, 2.05) is 16.3 Å². The maximum absolute atomic E-state index is 13.4. The Morgan fingerprint density at radius 1 is 1.30 bits per heavy atom. The molecule has 1 saturated heterocycles. The molecule has 0 atom stereocenters. The van der Waals surface area contributed by atoms with Crippen LogP contribution in [0.2, 0.25) is 0 Å². The molecule has 1 aliphatic heterocycles. The molecule has 9 heteroatoms. The molecule has 4 rings (SSSR count). The minimum Gasteiger partial charge on any atom is -0.385 e. The van der Waals surface area contributed by atoms with E-state index in [1.165, 1.54) is 23.5 Å². The van der Waals surface area contributed by atoms with Crippen LogP contribution in [0.1, 0.15) is 25.0 Å². The first-order valence-electron chi connectivity index (χ1n) is 11.2. The van der Waals surface area contributed by atoms with Crippen molar-refractivity contribution >= 4 is 17.2 Å². The second-order valence-corrected chi connectivity index (χ2v) is 9.05. The van der Waals surface area contributed by atoms with Crippen molar-refractivity contribution in [2.45, 2.75) is 32.2 Å². The summed E-state index contributed by atoms with van der Waals surface area (Å²) < 4.78 is 25.8. The summed E-state index contributed by atoms with van der Waals surface area (Å²) in [5.41, 5.74) is 3.18. The van der Waals surface area contributed by atoms with Crippen LogP contribution in [0.15, 0.2) is 35.8 Å². The van der Waals surface area contributed by atoms with Gasteiger partial charge in [-0.3, -0.25) is 9.48 Å². The molecule has 0 unspecified atom stereocenters. The molecule has 0 saturated carbocycles. The fourth-order valence-corrected chi connectivity index (χ4v) is 4.66. The summed E-state index contributed by atoms with van der Waals surface area (Å²) in [5.74, 6) is 0.173. The van der Waals surface area contributed by atoms with Crippen molar-refractivity contribution in [1.29, 1.82) is 0 Å². The largest absolute Gasteiger partial charge is 0.385 e. The predicted molar refractivity (Wildman–Crippen MR) is 125 cm³/mol. The van der Waals surface area contributed by atoms with Gasteiger partial charge in [-0.15, -0.1) is 11.3 Å². The Hall–Kier alpha value is -2.62. The molecular weight excluding hydrogens is 443 g/mol. The van der Waals surface area contributed by atoms with Crippen molar-refractivity contribution in [3.8, 4) is 21.8 Å². The van der Waals surface area contributed by atoms with Crippen LogP contribution in [0.4, 0.5) is 4.39 Å². The maximum Gasteiger partial charge on any atom is 0.226 e. The number of aromatic nitrogens is 3. The number of halogens is 1. The number of hydrogen-bond acceptors (Lipinski definition) is 6. The number of benzene rings is 1. The summed E-state index contributed by atoms with van der Waals surface area (Å²) in [5, 5.41) is 10.5. The number of rotatable bonds is 10. The van der Waals surface area contributed by atoms with Crippen molar-refractivity contribution in [2.75, 3.05) is 33.5 Å². The number of carbonyl (C=O) groups is 1. The molecule has 1 N–H and O–H groups in total. The summed E-state index contributed by atoms with van der Waals surface area (Å²) in [6, 6.07) is 6.30. The first-order valence-corrected chi connectivity index (χ1v) is 12.1. The second kappa shape index (κ2) is 11.5. The first-order chi connectivity index (χ1) is 16.1. The van der Waals surface area contributed by atoms with Gasteiger partial charge < -0.3 is 14.8 Å². The summed E-state index contributed by atoms with van der Waals surface area (Å²) in [7, 11) is 1.68. The predicted octanol–water partition coefficient (Wildman–Crippen LogP) is 3.93. The molecule has 0 bridgehead atoms. The summed E-state index contributed by atoms with van der Waals surface area (Å²) >= 11 is 1.48. The number of ether oxygens (including phenoxy) is 2. The molecule has 1 aliphatic rings. The lowest BCUT2D eigenvalue weighted by Gasteiger charge is -2.22. The number of thiazole rings is 1. The third-order valence-electron chi connectivity index (χ3n) is 5.67. The third kappa shape index (κ3) is 6.46. The minimum atomic E-state index is -0.289. The summed E-state index contributed by atoms with van der Waals surface area (Å²) in [4.78, 5) is 17.1. The van der Waals surface area contributed by atoms with E-state index in [4.69, 9.17) is 19.6 Å². The van der Waals surface area contributed by atoms with Gasteiger partial charge in [0.05, 0.1) is 17.7 Å². The number of amides is 1. The molecule has 2 aromatic heterocycles. The van der Waals surface area contributed by atoms with Crippen molar-refractivity contribution in [3.63, 3.8) is 0 Å². The fraction of sp³-hybridized carbons (Fsp3) is 0.458. The molecule has 7 nitrogen and oxygen atoms in total. The molecule has 1 amide bonds. The standard InChI is InChI=1S/C24H29FN4O3S/c1-31-10-2-9-29-15-21(23(28-29)18-3-5-19(25)6-4-18)24-27-20(16-33-24)13-22(30)26-14-17-7-11-32-12-8-17/h3-6,15-17H,2,7-14H2,1H3,(H,26,30). The Morgan fingerprint density at radius 2 is 2.09 bits per heavy atom. The van der Waals surface area contributed by atoms with Gasteiger partial charge >= 0.3 is 0 Å². The van der Waals surface area contributed by atoms with Gasteiger partial charge in [-0.2, -0.15) is 5.10 Å². The van der Waals surface area contributed by atoms with E-state index in [-0.39, 0.29) is 18.1 Å². The van der Waals surface area contributed by atoms with Crippen LogP contribution >= 0.6 is 11.3 Å². The van der Waals surface area contributed by atoms with E-state index < -0.39 is 0 Å². The zero-order chi connectivity index (χ0) is 23.0. The van der Waals surface area contributed by atoms with Gasteiger partial charge in [0, 0.05) is 57.2 Å². The maximum atomic E-state index is 13.4. The van der Waals surface area contributed by atoms with Gasteiger partial charge in [0.1, 0.15) is 16.5 Å². The average Bonchev–Trinajstić information content (AvgIpc) is 3.46. The molecule has 1 aromatic carbocycles. The van der Waals surface area contributed by atoms with E-state index in [0.717, 1.165) is 60.0 Å². The van der Waals surface area contributed by atoms with Gasteiger partial charge in [0.15, 0.2) is 0 Å². The number of aryl methyl sites for hydroxylation is 1. The summed E-state index contributed by atoms with van der Waals surface area (Å²) in [6.45, 7) is 3.57. The van der Waals surface area contributed by atoms with Crippen LogP contribution < -0.4 is 5.32 Å². The average molecular weight is 473 g/mol. The highest BCUT2D eigenvalue weighted by Gasteiger charge is 2.18. The number of hydrogen-bond donors (Lipinski definition) is 1. The molecule has 3 aromatic rings. The smallest absolute Gasteiger partial charge is 0.226 e. The zero-order valence-electron chi connectivity index (χ0n) is 18.8. The molecule has 0 spiro atoms. The monoisotopic (exact) mass is 472 g/mol. The molecule has 33 heavy (non-hydrogen) atoms.